The number of carbonyl (C=O) groups excluding carboxylic acids is 2. The van der Waals surface area contributed by atoms with E-state index in [9.17, 15) is 28.0 Å². The fourth-order valence-electron chi connectivity index (χ4n) is 3.86. The van der Waals surface area contributed by atoms with Crippen LogP contribution in [0.15, 0.2) is 11.6 Å². The Labute approximate surface area is 199 Å². The first kappa shape index (κ1) is 27.8. The van der Waals surface area contributed by atoms with Gasteiger partial charge in [-0.25, -0.2) is 13.6 Å². The van der Waals surface area contributed by atoms with Gasteiger partial charge < -0.3 is 14.6 Å². The second kappa shape index (κ2) is 12.3. The van der Waals surface area contributed by atoms with Crippen molar-refractivity contribution in [3.05, 3.63) is 39.5 Å². The minimum absolute atomic E-state index is 0.0827. The van der Waals surface area contributed by atoms with Gasteiger partial charge in [0.2, 0.25) is 0 Å². The Balaban J connectivity index is 2.22. The van der Waals surface area contributed by atoms with Crippen molar-refractivity contribution in [2.24, 2.45) is 0 Å². The minimum Gasteiger partial charge on any atom is -0.507 e. The normalized spacial score (nSPS) is 15.6. The van der Waals surface area contributed by atoms with Crippen LogP contribution in [0.1, 0.15) is 66.7 Å². The number of phenols is 1. The number of hydrogen-bond donors (Lipinski definition) is 1. The zero-order valence-electron chi connectivity index (χ0n) is 19.9. The van der Waals surface area contributed by atoms with Gasteiger partial charge in [-0.15, -0.1) is 0 Å². The molecule has 0 spiro atoms. The molecule has 0 aromatic heterocycles. The summed E-state index contributed by atoms with van der Waals surface area (Å²) < 4.78 is 48.7. The van der Waals surface area contributed by atoms with Crippen LogP contribution in [0.4, 0.5) is 8.78 Å². The number of allylic oxidation sites excluding steroid dienone is 1. The second-order valence-electron chi connectivity index (χ2n) is 7.96. The number of nitrogens with zero attached hydrogens (tertiary/aromatic N) is 1. The quantitative estimate of drug-likeness (QED) is 0.188. The summed E-state index contributed by atoms with van der Waals surface area (Å²) in [6.07, 6.45) is -2.31. The van der Waals surface area contributed by atoms with Gasteiger partial charge in [0.25, 0.3) is 15.0 Å². The molecule has 34 heavy (non-hydrogen) atoms. The molecule has 1 aliphatic rings. The number of rotatable bonds is 12. The van der Waals surface area contributed by atoms with E-state index in [1.807, 2.05) is 13.8 Å². The molecule has 1 heterocycles. The number of alkyl halides is 2. The predicted molar refractivity (Wildman–Crippen MR) is 120 cm³/mol. The van der Waals surface area contributed by atoms with Crippen molar-refractivity contribution in [1.29, 1.82) is 0 Å². The summed E-state index contributed by atoms with van der Waals surface area (Å²) >= 11 is 0. The lowest BCUT2D eigenvalue weighted by Gasteiger charge is -2.25. The lowest BCUT2D eigenvalue weighted by molar-refractivity contribution is -0.200. The maximum atomic E-state index is 13.7. The molecule has 8 nitrogen and oxygen atoms in total. The summed E-state index contributed by atoms with van der Waals surface area (Å²) in [5.41, 5.74) is 3.64. The molecule has 0 radical (unpaired) electrons. The summed E-state index contributed by atoms with van der Waals surface area (Å²) in [5, 5.41) is 10.7. The number of hydrogen-bond acceptors (Lipinski definition) is 7. The first-order valence-corrected chi connectivity index (χ1v) is 11.8. The van der Waals surface area contributed by atoms with Gasteiger partial charge in [-0.2, -0.15) is 0 Å². The molecular formula is C23H30F2NO7P. The Morgan fingerprint density at radius 1 is 1.32 bits per heavy atom. The number of fused-ring (bicyclic) bond motifs is 1. The lowest BCUT2D eigenvalue weighted by atomic mass is 9.89. The molecule has 1 aromatic carbocycles. The Bertz CT molecular complexity index is 967. The molecule has 1 unspecified atom stereocenters. The fraction of sp³-hybridized carbons (Fsp3) is 0.565. The highest BCUT2D eigenvalue weighted by Crippen LogP contribution is 2.38. The van der Waals surface area contributed by atoms with Crippen LogP contribution in [0.5, 0.6) is 5.75 Å². The van der Waals surface area contributed by atoms with Crippen LogP contribution in [0.2, 0.25) is 0 Å². The molecule has 0 amide bonds. The maximum absolute atomic E-state index is 13.7. The summed E-state index contributed by atoms with van der Waals surface area (Å²) in [5.74, 6) is -1.48. The molecule has 0 bridgehead atoms. The molecule has 1 N–H and O–H groups in total. The van der Waals surface area contributed by atoms with Crippen molar-refractivity contribution in [1.82, 2.24) is 4.83 Å². The summed E-state index contributed by atoms with van der Waals surface area (Å²) in [7, 11) is -0.760. The summed E-state index contributed by atoms with van der Waals surface area (Å²) in [6.45, 7) is 8.54. The van der Waals surface area contributed by atoms with Crippen LogP contribution in [-0.2, 0) is 43.1 Å². The molecule has 188 valence electrons. The number of halogens is 2. The van der Waals surface area contributed by atoms with E-state index in [2.05, 4.69) is 0 Å². The van der Waals surface area contributed by atoms with Gasteiger partial charge >= 0.3 is 11.9 Å². The van der Waals surface area contributed by atoms with Gasteiger partial charge in [-0.1, -0.05) is 23.4 Å². The highest BCUT2D eigenvalue weighted by atomic mass is 31.1. The van der Waals surface area contributed by atoms with Crippen LogP contribution >= 0.6 is 8.61 Å². The van der Waals surface area contributed by atoms with E-state index in [1.54, 1.807) is 19.9 Å². The molecule has 0 fully saturated rings. The molecule has 2 atom stereocenters. The van der Waals surface area contributed by atoms with Crippen molar-refractivity contribution >= 4 is 20.5 Å². The van der Waals surface area contributed by atoms with Crippen LogP contribution < -0.4 is 0 Å². The average molecular weight is 501 g/mol. The first-order chi connectivity index (χ1) is 16.1. The highest BCUT2D eigenvalue weighted by Gasteiger charge is 2.32. The van der Waals surface area contributed by atoms with Gasteiger partial charge in [-0.05, 0) is 51.7 Å². The SMILES string of the molecule is CCOC(=O)[C@H](C)N(OC(CC(C)=CCc1c(O)c2c(c(C)c1CC)COC2=O)C(F)F)P=O. The average Bonchev–Trinajstić information content (AvgIpc) is 3.19. The van der Waals surface area contributed by atoms with Crippen LogP contribution in [0, 0.1) is 6.92 Å². The minimum atomic E-state index is -2.92. The number of benzene rings is 1. The Kier molecular flexibility index (Phi) is 10.1. The van der Waals surface area contributed by atoms with Gasteiger partial charge in [0.15, 0.2) is 0 Å². The number of aromatic hydroxyl groups is 1. The summed E-state index contributed by atoms with van der Waals surface area (Å²) in [4.78, 5) is 29.7. The molecule has 11 heteroatoms. The molecule has 0 saturated heterocycles. The van der Waals surface area contributed by atoms with Gasteiger partial charge in [0, 0.05) is 17.5 Å². The Hall–Kier alpha value is -2.42. The molecule has 1 aliphatic heterocycles. The number of hydroxylamine groups is 1. The fourth-order valence-corrected chi connectivity index (χ4v) is 4.26. The molecule has 2 rings (SSSR count). The van der Waals surface area contributed by atoms with Crippen LogP contribution in [0.3, 0.4) is 0 Å². The first-order valence-electron chi connectivity index (χ1n) is 11.0. The zero-order chi connectivity index (χ0) is 25.6. The van der Waals surface area contributed by atoms with Gasteiger partial charge in [-0.3, -0.25) is 14.2 Å². The molecule has 0 aliphatic carbocycles. The maximum Gasteiger partial charge on any atom is 0.342 e. The Morgan fingerprint density at radius 3 is 2.56 bits per heavy atom. The van der Waals surface area contributed by atoms with Crippen molar-refractivity contribution in [3.8, 4) is 5.75 Å². The lowest BCUT2D eigenvalue weighted by Crippen LogP contribution is -2.38. The van der Waals surface area contributed by atoms with E-state index >= 15 is 0 Å². The van der Waals surface area contributed by atoms with E-state index in [4.69, 9.17) is 14.3 Å². The molecular weight excluding hydrogens is 471 g/mol. The van der Waals surface area contributed by atoms with Crippen LogP contribution in [-0.4, -0.2) is 47.1 Å². The number of carbonyl (C=O) groups is 2. The predicted octanol–water partition coefficient (Wildman–Crippen LogP) is 4.84. The number of ether oxygens (including phenoxy) is 2. The summed E-state index contributed by atoms with van der Waals surface area (Å²) in [6, 6.07) is -1.15. The van der Waals surface area contributed by atoms with Gasteiger partial charge in [0.05, 0.1) is 6.61 Å². The smallest absolute Gasteiger partial charge is 0.342 e. The third-order valence-electron chi connectivity index (χ3n) is 5.74. The number of phenolic OH excluding ortho intramolecular Hbond substituents is 1. The Morgan fingerprint density at radius 2 is 2.00 bits per heavy atom. The molecule has 1 aromatic rings. The largest absolute Gasteiger partial charge is 0.507 e. The second-order valence-corrected chi connectivity index (χ2v) is 8.52. The molecule has 0 saturated carbocycles. The standard InChI is InChI=1S/C23H30F2NO7P/c1-6-15-13(4)17-11-32-23(29)19(17)20(27)16(15)9-8-12(3)10-18(21(24)25)33-26(34-30)14(5)22(28)31-7-2/h8,14,18,21,27H,6-7,9-11H2,1-5H3/t14-,18?/m0/s1. The third-order valence-corrected chi connectivity index (χ3v) is 6.34. The van der Waals surface area contributed by atoms with Crippen molar-refractivity contribution in [2.45, 2.75) is 79.1 Å². The zero-order valence-corrected chi connectivity index (χ0v) is 20.8. The number of cyclic esters (lactones) is 1. The monoisotopic (exact) mass is 501 g/mol. The number of esters is 2. The van der Waals surface area contributed by atoms with Crippen molar-refractivity contribution in [3.63, 3.8) is 0 Å². The van der Waals surface area contributed by atoms with Gasteiger partial charge in [0.1, 0.15) is 30.1 Å². The highest BCUT2D eigenvalue weighted by molar-refractivity contribution is 7.20. The van der Waals surface area contributed by atoms with E-state index < -0.39 is 39.1 Å². The third kappa shape index (κ3) is 6.17. The van der Waals surface area contributed by atoms with Crippen LogP contribution in [0.25, 0.3) is 0 Å². The van der Waals surface area contributed by atoms with E-state index in [0.29, 0.717) is 28.0 Å². The topological polar surface area (TPSA) is 102 Å². The van der Waals surface area contributed by atoms with Crippen molar-refractivity contribution < 1.29 is 42.4 Å². The van der Waals surface area contributed by atoms with Crippen molar-refractivity contribution in [2.75, 3.05) is 6.61 Å². The van der Waals surface area contributed by atoms with E-state index in [1.165, 1.54) is 6.92 Å². The van der Waals surface area contributed by atoms with E-state index in [-0.39, 0.29) is 37.4 Å². The van der Waals surface area contributed by atoms with E-state index in [0.717, 1.165) is 11.1 Å².